The van der Waals surface area contributed by atoms with Crippen molar-refractivity contribution in [3.8, 4) is 0 Å². The molecule has 0 aliphatic carbocycles. The number of aliphatic imine (C=N–C) groups is 1. The van der Waals surface area contributed by atoms with E-state index in [0.717, 1.165) is 25.3 Å². The summed E-state index contributed by atoms with van der Waals surface area (Å²) in [4.78, 5) is 4.41. The molecular weight excluding hydrogens is 186 g/mol. The molecule has 1 heterocycles. The van der Waals surface area contributed by atoms with Crippen molar-refractivity contribution in [3.05, 3.63) is 35.9 Å². The summed E-state index contributed by atoms with van der Waals surface area (Å²) in [5, 5.41) is 0. The van der Waals surface area contributed by atoms with E-state index in [2.05, 4.69) is 31.0 Å². The third-order valence-corrected chi connectivity index (χ3v) is 2.59. The molecule has 0 bridgehead atoms. The molecular formula is C13H17NO. The van der Waals surface area contributed by atoms with Gasteiger partial charge in [0.25, 0.3) is 0 Å². The van der Waals surface area contributed by atoms with Gasteiger partial charge in [-0.1, -0.05) is 30.3 Å². The highest BCUT2D eigenvalue weighted by molar-refractivity contribution is 5.79. The molecule has 0 unspecified atom stereocenters. The first-order chi connectivity index (χ1) is 7.16. The first-order valence-electron chi connectivity index (χ1n) is 5.42. The second-order valence-electron chi connectivity index (χ2n) is 4.55. The predicted octanol–water partition coefficient (Wildman–Crippen LogP) is 2.83. The highest BCUT2D eigenvalue weighted by atomic mass is 16.5. The lowest BCUT2D eigenvalue weighted by Crippen LogP contribution is -2.33. The third-order valence-electron chi connectivity index (χ3n) is 2.59. The first kappa shape index (κ1) is 10.2. The van der Waals surface area contributed by atoms with E-state index in [1.165, 1.54) is 5.56 Å². The van der Waals surface area contributed by atoms with Crippen LogP contribution in [0.15, 0.2) is 35.3 Å². The Hall–Kier alpha value is -1.31. The van der Waals surface area contributed by atoms with Crippen LogP contribution in [0, 0.1) is 0 Å². The van der Waals surface area contributed by atoms with E-state index >= 15 is 0 Å². The molecule has 2 nitrogen and oxygen atoms in total. The molecule has 0 N–H and O–H groups in total. The fourth-order valence-electron chi connectivity index (χ4n) is 1.71. The zero-order chi connectivity index (χ0) is 10.7. The van der Waals surface area contributed by atoms with Crippen molar-refractivity contribution in [2.75, 3.05) is 6.54 Å². The zero-order valence-corrected chi connectivity index (χ0v) is 9.36. The fourth-order valence-corrected chi connectivity index (χ4v) is 1.71. The van der Waals surface area contributed by atoms with Gasteiger partial charge in [0.15, 0.2) is 5.90 Å². The molecule has 2 heteroatoms. The Balaban J connectivity index is 2.04. The predicted molar refractivity (Wildman–Crippen MR) is 62.2 cm³/mol. The lowest BCUT2D eigenvalue weighted by atomic mass is 10.0. The largest absolute Gasteiger partial charge is 0.475 e. The van der Waals surface area contributed by atoms with Crippen molar-refractivity contribution in [3.63, 3.8) is 0 Å². The molecule has 80 valence electrons. The number of ether oxygens (including phenoxy) is 1. The van der Waals surface area contributed by atoms with E-state index < -0.39 is 0 Å². The fraction of sp³-hybridized carbons (Fsp3) is 0.462. The van der Waals surface area contributed by atoms with Crippen molar-refractivity contribution in [2.24, 2.45) is 4.99 Å². The van der Waals surface area contributed by atoms with Crippen LogP contribution in [-0.2, 0) is 11.2 Å². The summed E-state index contributed by atoms with van der Waals surface area (Å²) in [6, 6.07) is 10.3. The number of rotatable bonds is 2. The molecule has 2 rings (SSSR count). The van der Waals surface area contributed by atoms with Gasteiger partial charge in [-0.15, -0.1) is 0 Å². The molecule has 1 aliphatic rings. The molecule has 0 spiro atoms. The first-order valence-corrected chi connectivity index (χ1v) is 5.42. The Morgan fingerprint density at radius 1 is 1.27 bits per heavy atom. The molecule has 0 amide bonds. The minimum atomic E-state index is -0.0497. The molecule has 0 aromatic heterocycles. The molecule has 0 atom stereocenters. The van der Waals surface area contributed by atoms with Gasteiger partial charge in [0.1, 0.15) is 5.60 Å². The summed E-state index contributed by atoms with van der Waals surface area (Å²) in [6.07, 6.45) is 1.82. The van der Waals surface area contributed by atoms with Crippen molar-refractivity contribution in [2.45, 2.75) is 32.3 Å². The number of benzene rings is 1. The Bertz CT molecular complexity index is 354. The Labute approximate surface area is 91.0 Å². The van der Waals surface area contributed by atoms with Gasteiger partial charge in [0.2, 0.25) is 0 Å². The van der Waals surface area contributed by atoms with Crippen LogP contribution in [0.2, 0.25) is 0 Å². The van der Waals surface area contributed by atoms with Crippen LogP contribution in [0.4, 0.5) is 0 Å². The molecule has 0 fully saturated rings. The van der Waals surface area contributed by atoms with Gasteiger partial charge in [0, 0.05) is 19.4 Å². The van der Waals surface area contributed by atoms with Crippen LogP contribution in [-0.4, -0.2) is 18.0 Å². The highest BCUT2D eigenvalue weighted by Crippen LogP contribution is 2.20. The molecule has 1 aromatic rings. The smallest absolute Gasteiger partial charge is 0.188 e. The third kappa shape index (κ3) is 2.82. The summed E-state index contributed by atoms with van der Waals surface area (Å²) in [7, 11) is 0. The molecule has 0 saturated carbocycles. The second-order valence-corrected chi connectivity index (χ2v) is 4.55. The molecule has 1 aliphatic heterocycles. The number of nitrogens with zero attached hydrogens (tertiary/aromatic N) is 1. The maximum atomic E-state index is 5.83. The number of hydrogen-bond donors (Lipinski definition) is 0. The van der Waals surface area contributed by atoms with E-state index in [-0.39, 0.29) is 5.60 Å². The summed E-state index contributed by atoms with van der Waals surface area (Å²) in [5.74, 6) is 0.873. The van der Waals surface area contributed by atoms with Crippen LogP contribution in [0.25, 0.3) is 0 Å². The monoisotopic (exact) mass is 203 g/mol. The van der Waals surface area contributed by atoms with E-state index in [4.69, 9.17) is 4.74 Å². The Morgan fingerprint density at radius 3 is 2.67 bits per heavy atom. The van der Waals surface area contributed by atoms with Gasteiger partial charge in [-0.25, -0.2) is 0 Å². The van der Waals surface area contributed by atoms with Gasteiger partial charge in [-0.3, -0.25) is 4.99 Å². The van der Waals surface area contributed by atoms with Gasteiger partial charge >= 0.3 is 0 Å². The van der Waals surface area contributed by atoms with Gasteiger partial charge < -0.3 is 4.74 Å². The van der Waals surface area contributed by atoms with Crippen molar-refractivity contribution in [1.82, 2.24) is 0 Å². The van der Waals surface area contributed by atoms with Crippen molar-refractivity contribution < 1.29 is 4.74 Å². The quantitative estimate of drug-likeness (QED) is 0.724. The molecule has 0 radical (unpaired) electrons. The van der Waals surface area contributed by atoms with Crippen LogP contribution in [0.5, 0.6) is 0 Å². The molecule has 15 heavy (non-hydrogen) atoms. The lowest BCUT2D eigenvalue weighted by Gasteiger charge is -2.30. The lowest BCUT2D eigenvalue weighted by molar-refractivity contribution is 0.0733. The van der Waals surface area contributed by atoms with Gasteiger partial charge in [-0.05, 0) is 19.4 Å². The Kier molecular flexibility index (Phi) is 2.76. The van der Waals surface area contributed by atoms with Gasteiger partial charge in [0.05, 0.1) is 0 Å². The maximum Gasteiger partial charge on any atom is 0.188 e. The van der Waals surface area contributed by atoms with Crippen molar-refractivity contribution in [1.29, 1.82) is 0 Å². The minimum Gasteiger partial charge on any atom is -0.475 e. The minimum absolute atomic E-state index is 0.0497. The van der Waals surface area contributed by atoms with Gasteiger partial charge in [-0.2, -0.15) is 0 Å². The summed E-state index contributed by atoms with van der Waals surface area (Å²) in [6.45, 7) is 5.12. The molecule has 0 saturated heterocycles. The Morgan fingerprint density at radius 2 is 2.00 bits per heavy atom. The van der Waals surface area contributed by atoms with Crippen LogP contribution in [0.1, 0.15) is 25.8 Å². The van der Waals surface area contributed by atoms with E-state index in [1.807, 2.05) is 18.2 Å². The summed E-state index contributed by atoms with van der Waals surface area (Å²) in [5.41, 5.74) is 1.21. The van der Waals surface area contributed by atoms with Crippen LogP contribution < -0.4 is 0 Å². The average molecular weight is 203 g/mol. The summed E-state index contributed by atoms with van der Waals surface area (Å²) < 4.78 is 5.83. The zero-order valence-electron chi connectivity index (χ0n) is 9.36. The SMILES string of the molecule is CC1(C)CCN=C(Cc2ccccc2)O1. The average Bonchev–Trinajstić information content (AvgIpc) is 2.17. The van der Waals surface area contributed by atoms with Crippen LogP contribution in [0.3, 0.4) is 0 Å². The van der Waals surface area contributed by atoms with Crippen LogP contribution >= 0.6 is 0 Å². The second kappa shape index (κ2) is 4.05. The standard InChI is InChI=1S/C13H17NO/c1-13(2)8-9-14-12(15-13)10-11-6-4-3-5-7-11/h3-7H,8-10H2,1-2H3. The topological polar surface area (TPSA) is 21.6 Å². The van der Waals surface area contributed by atoms with E-state index in [1.54, 1.807) is 0 Å². The highest BCUT2D eigenvalue weighted by Gasteiger charge is 2.24. The molecule has 1 aromatic carbocycles. The van der Waals surface area contributed by atoms with E-state index in [9.17, 15) is 0 Å². The van der Waals surface area contributed by atoms with Crippen molar-refractivity contribution >= 4 is 5.90 Å². The summed E-state index contributed by atoms with van der Waals surface area (Å²) >= 11 is 0. The normalized spacial score (nSPS) is 19.2. The maximum absolute atomic E-state index is 5.83. The van der Waals surface area contributed by atoms with E-state index in [0.29, 0.717) is 0 Å². The number of hydrogen-bond acceptors (Lipinski definition) is 2.